The number of amides is 1. The zero-order valence-electron chi connectivity index (χ0n) is 7.42. The van der Waals surface area contributed by atoms with Gasteiger partial charge in [0.2, 0.25) is 5.91 Å². The van der Waals surface area contributed by atoms with Crippen LogP contribution in [0.3, 0.4) is 0 Å². The van der Waals surface area contributed by atoms with Crippen molar-refractivity contribution in [2.45, 2.75) is 6.92 Å². The summed E-state index contributed by atoms with van der Waals surface area (Å²) >= 11 is 0. The molecule has 0 heterocycles. The third kappa shape index (κ3) is 7.06. The van der Waals surface area contributed by atoms with Gasteiger partial charge in [0, 0.05) is 13.1 Å². The molecule has 0 aromatic rings. The predicted molar refractivity (Wildman–Crippen MR) is 46.4 cm³/mol. The molecule has 0 aliphatic carbocycles. The minimum absolute atomic E-state index is 0.0191. The molecule has 0 atom stereocenters. The Balaban J connectivity index is 3.32. The third-order valence-corrected chi connectivity index (χ3v) is 1.18. The molecular weight excluding hydrogens is 140 g/mol. The number of carbonyl (C=O) groups excluding carboxylic acids is 1. The average Bonchev–Trinajstić information content (AvgIpc) is 1.87. The number of nitrogens with zero attached hydrogens (tertiary/aromatic N) is 1. The first-order valence-corrected chi connectivity index (χ1v) is 3.72. The molecule has 0 aromatic heterocycles. The number of likely N-dealkylation sites (N-methyl/N-ethyl adjacent to an activating group) is 1. The van der Waals surface area contributed by atoms with E-state index in [1.165, 1.54) is 6.08 Å². The van der Waals surface area contributed by atoms with Crippen molar-refractivity contribution < 1.29 is 4.79 Å². The fourth-order valence-electron chi connectivity index (χ4n) is 0.613. The number of rotatable bonds is 4. The first-order valence-electron chi connectivity index (χ1n) is 3.72. The molecule has 0 aliphatic heterocycles. The van der Waals surface area contributed by atoms with E-state index in [0.717, 1.165) is 6.54 Å². The van der Waals surface area contributed by atoms with Gasteiger partial charge >= 0.3 is 0 Å². The molecule has 0 aliphatic rings. The summed E-state index contributed by atoms with van der Waals surface area (Å²) in [5.74, 6) is -0.0191. The normalized spacial score (nSPS) is 10.9. The van der Waals surface area contributed by atoms with E-state index < -0.39 is 0 Å². The lowest BCUT2D eigenvalue weighted by Crippen LogP contribution is -2.30. The lowest BCUT2D eigenvalue weighted by Gasteiger charge is -2.08. The van der Waals surface area contributed by atoms with E-state index in [2.05, 4.69) is 5.32 Å². The van der Waals surface area contributed by atoms with Crippen LogP contribution in [0.1, 0.15) is 6.92 Å². The van der Waals surface area contributed by atoms with Crippen LogP contribution in [0.2, 0.25) is 0 Å². The minimum Gasteiger partial charge on any atom is -0.351 e. The van der Waals surface area contributed by atoms with Gasteiger partial charge < -0.3 is 10.2 Å². The van der Waals surface area contributed by atoms with E-state index in [9.17, 15) is 4.79 Å². The monoisotopic (exact) mass is 156 g/mol. The van der Waals surface area contributed by atoms with E-state index >= 15 is 0 Å². The van der Waals surface area contributed by atoms with E-state index in [0.29, 0.717) is 6.54 Å². The molecule has 0 saturated heterocycles. The van der Waals surface area contributed by atoms with Crippen LogP contribution >= 0.6 is 0 Å². The van der Waals surface area contributed by atoms with Crippen molar-refractivity contribution in [1.82, 2.24) is 10.2 Å². The van der Waals surface area contributed by atoms with Crippen LogP contribution in [0.5, 0.6) is 0 Å². The molecule has 64 valence electrons. The van der Waals surface area contributed by atoms with E-state index in [-0.39, 0.29) is 5.91 Å². The van der Waals surface area contributed by atoms with Gasteiger partial charge in [0.15, 0.2) is 0 Å². The fraction of sp³-hybridized carbons (Fsp3) is 0.625. The molecule has 1 N–H and O–H groups in total. The second kappa shape index (κ2) is 5.92. The van der Waals surface area contributed by atoms with Gasteiger partial charge in [-0.2, -0.15) is 0 Å². The Morgan fingerprint density at radius 2 is 2.18 bits per heavy atom. The standard InChI is InChI=1S/C8H16N2O/c1-4-5-8(11)9-6-7-10(2)3/h4-5H,6-7H2,1-3H3,(H,9,11). The number of hydrogen-bond donors (Lipinski definition) is 1. The smallest absolute Gasteiger partial charge is 0.243 e. The summed E-state index contributed by atoms with van der Waals surface area (Å²) in [6.07, 6.45) is 3.25. The maximum absolute atomic E-state index is 10.8. The fourth-order valence-corrected chi connectivity index (χ4v) is 0.613. The summed E-state index contributed by atoms with van der Waals surface area (Å²) in [6.45, 7) is 3.41. The highest BCUT2D eigenvalue weighted by Crippen LogP contribution is 1.73. The van der Waals surface area contributed by atoms with Gasteiger partial charge in [-0.15, -0.1) is 0 Å². The van der Waals surface area contributed by atoms with Crippen LogP contribution in [-0.2, 0) is 4.79 Å². The van der Waals surface area contributed by atoms with Crippen LogP contribution < -0.4 is 5.32 Å². The largest absolute Gasteiger partial charge is 0.351 e. The van der Waals surface area contributed by atoms with Crippen molar-refractivity contribution >= 4 is 5.91 Å². The Kier molecular flexibility index (Phi) is 5.47. The second-order valence-corrected chi connectivity index (χ2v) is 2.59. The van der Waals surface area contributed by atoms with Crippen molar-refractivity contribution in [2.24, 2.45) is 0 Å². The SMILES string of the molecule is CC=CC(=O)NCCN(C)C. The molecule has 0 spiro atoms. The summed E-state index contributed by atoms with van der Waals surface area (Å²) in [6, 6.07) is 0. The van der Waals surface area contributed by atoms with Gasteiger partial charge in [0.25, 0.3) is 0 Å². The molecule has 0 fully saturated rings. The van der Waals surface area contributed by atoms with E-state index in [1.807, 2.05) is 25.9 Å². The average molecular weight is 156 g/mol. The van der Waals surface area contributed by atoms with Crippen molar-refractivity contribution in [3.8, 4) is 0 Å². The summed E-state index contributed by atoms with van der Waals surface area (Å²) < 4.78 is 0. The summed E-state index contributed by atoms with van der Waals surface area (Å²) in [5, 5.41) is 2.75. The molecule has 0 bridgehead atoms. The van der Waals surface area contributed by atoms with Crippen molar-refractivity contribution in [1.29, 1.82) is 0 Å². The molecule has 11 heavy (non-hydrogen) atoms. The number of nitrogens with one attached hydrogen (secondary N) is 1. The Labute approximate surface area is 68.1 Å². The zero-order chi connectivity index (χ0) is 8.69. The highest BCUT2D eigenvalue weighted by atomic mass is 16.1. The van der Waals surface area contributed by atoms with Gasteiger partial charge in [0.1, 0.15) is 0 Å². The van der Waals surface area contributed by atoms with E-state index in [4.69, 9.17) is 0 Å². The minimum atomic E-state index is -0.0191. The molecule has 1 amide bonds. The highest BCUT2D eigenvalue weighted by Gasteiger charge is 1.93. The number of carbonyl (C=O) groups is 1. The van der Waals surface area contributed by atoms with Gasteiger partial charge in [-0.3, -0.25) is 4.79 Å². The summed E-state index contributed by atoms with van der Waals surface area (Å²) in [4.78, 5) is 12.8. The lowest BCUT2D eigenvalue weighted by molar-refractivity contribution is -0.116. The maximum atomic E-state index is 10.8. The molecule has 0 unspecified atom stereocenters. The van der Waals surface area contributed by atoms with Crippen LogP contribution in [0.15, 0.2) is 12.2 Å². The second-order valence-electron chi connectivity index (χ2n) is 2.59. The Morgan fingerprint density at radius 3 is 2.64 bits per heavy atom. The highest BCUT2D eigenvalue weighted by molar-refractivity contribution is 5.87. The van der Waals surface area contributed by atoms with Gasteiger partial charge in [-0.1, -0.05) is 6.08 Å². The molecule has 3 nitrogen and oxygen atoms in total. The first kappa shape index (κ1) is 10.2. The molecule has 3 heteroatoms. The van der Waals surface area contributed by atoms with Crippen LogP contribution in [-0.4, -0.2) is 38.0 Å². The Hall–Kier alpha value is -0.830. The first-order chi connectivity index (χ1) is 5.16. The zero-order valence-corrected chi connectivity index (χ0v) is 7.42. The van der Waals surface area contributed by atoms with Crippen LogP contribution in [0.4, 0.5) is 0 Å². The maximum Gasteiger partial charge on any atom is 0.243 e. The van der Waals surface area contributed by atoms with Gasteiger partial charge in [-0.25, -0.2) is 0 Å². The molecule has 0 radical (unpaired) electrons. The van der Waals surface area contributed by atoms with Gasteiger partial charge in [0.05, 0.1) is 0 Å². The quantitative estimate of drug-likeness (QED) is 0.591. The predicted octanol–water partition coefficient (Wildman–Crippen LogP) is 0.240. The molecular formula is C8H16N2O. The number of allylic oxidation sites excluding steroid dienone is 1. The van der Waals surface area contributed by atoms with E-state index in [1.54, 1.807) is 6.08 Å². The third-order valence-electron chi connectivity index (χ3n) is 1.18. The lowest BCUT2D eigenvalue weighted by atomic mass is 10.5. The van der Waals surface area contributed by atoms with Crippen molar-refractivity contribution in [3.05, 3.63) is 12.2 Å². The van der Waals surface area contributed by atoms with Crippen LogP contribution in [0, 0.1) is 0 Å². The molecule has 0 rings (SSSR count). The van der Waals surface area contributed by atoms with Crippen molar-refractivity contribution in [2.75, 3.05) is 27.2 Å². The topological polar surface area (TPSA) is 32.3 Å². The Morgan fingerprint density at radius 1 is 1.55 bits per heavy atom. The Bertz CT molecular complexity index is 141. The molecule has 0 saturated carbocycles. The summed E-state index contributed by atoms with van der Waals surface area (Å²) in [7, 11) is 3.95. The van der Waals surface area contributed by atoms with Crippen molar-refractivity contribution in [3.63, 3.8) is 0 Å². The number of hydrogen-bond acceptors (Lipinski definition) is 2. The van der Waals surface area contributed by atoms with Crippen LogP contribution in [0.25, 0.3) is 0 Å². The molecule has 0 aromatic carbocycles. The summed E-state index contributed by atoms with van der Waals surface area (Å²) in [5.41, 5.74) is 0. The van der Waals surface area contributed by atoms with Gasteiger partial charge in [-0.05, 0) is 27.1 Å².